The summed E-state index contributed by atoms with van der Waals surface area (Å²) in [5.74, 6) is 1.42. The predicted molar refractivity (Wildman–Crippen MR) is 285 cm³/mol. The number of carboxylic acid groups (broad SMARTS) is 1. The number of anilines is 3. The molecule has 6 heterocycles. The predicted octanol–water partition coefficient (Wildman–Crippen LogP) is 6.44. The van der Waals surface area contributed by atoms with Gasteiger partial charge in [0.25, 0.3) is 6.47 Å². The summed E-state index contributed by atoms with van der Waals surface area (Å²) in [6.07, 6.45) is 21.9. The molecule has 4 aliphatic rings. The van der Waals surface area contributed by atoms with Crippen LogP contribution in [-0.2, 0) is 25.6 Å². The molecule has 5 aromatic rings. The Morgan fingerprint density at radius 1 is 1.00 bits per heavy atom. The van der Waals surface area contributed by atoms with E-state index in [4.69, 9.17) is 25.9 Å². The van der Waals surface area contributed by atoms with Crippen molar-refractivity contribution in [3.05, 3.63) is 71.4 Å². The molecule has 0 aliphatic carbocycles. The van der Waals surface area contributed by atoms with Gasteiger partial charge in [0.2, 0.25) is 12.8 Å². The molecule has 5 atom stereocenters. The van der Waals surface area contributed by atoms with Crippen LogP contribution in [0.15, 0.2) is 48.7 Å². The van der Waals surface area contributed by atoms with Gasteiger partial charge in [-0.15, -0.1) is 6.42 Å². The number of methoxy groups -OCH3 is 1. The third-order valence-electron chi connectivity index (χ3n) is 14.1. The second-order valence-electron chi connectivity index (χ2n) is 19.1. The van der Waals surface area contributed by atoms with E-state index in [2.05, 4.69) is 58.8 Å². The van der Waals surface area contributed by atoms with E-state index in [1.54, 1.807) is 11.9 Å². The molecule has 2 aromatic heterocycles. The molecule has 3 aromatic carbocycles. The maximum atomic E-state index is 16.1. The van der Waals surface area contributed by atoms with Crippen molar-refractivity contribution in [1.29, 1.82) is 0 Å². The summed E-state index contributed by atoms with van der Waals surface area (Å²) in [5, 5.41) is 27.9. The second-order valence-corrected chi connectivity index (χ2v) is 19.1. The minimum absolute atomic E-state index is 0.0258. The number of phenols is 1. The van der Waals surface area contributed by atoms with Gasteiger partial charge in [0.05, 0.1) is 35.5 Å². The monoisotopic (exact) mass is 1020 g/mol. The van der Waals surface area contributed by atoms with Gasteiger partial charge in [0.15, 0.2) is 5.82 Å². The quantitative estimate of drug-likeness (QED) is 0.0364. The van der Waals surface area contributed by atoms with Crippen molar-refractivity contribution in [3.8, 4) is 35.4 Å². The fraction of sp³-hybridized carbons (Fsp3) is 0.473. The number of halogens is 2. The first-order chi connectivity index (χ1) is 35.9. The Balaban J connectivity index is 0.000000215. The number of ether oxygens (including phenoxy) is 1. The van der Waals surface area contributed by atoms with E-state index in [9.17, 15) is 19.1 Å². The molecule has 9 rings (SSSR count). The van der Waals surface area contributed by atoms with Gasteiger partial charge in [-0.3, -0.25) is 24.3 Å². The Morgan fingerprint density at radius 3 is 2.39 bits per heavy atom. The van der Waals surface area contributed by atoms with Crippen molar-refractivity contribution in [2.45, 2.75) is 108 Å². The van der Waals surface area contributed by atoms with Crippen molar-refractivity contribution in [3.63, 3.8) is 0 Å². The largest absolute Gasteiger partial charge is 0.508 e. The van der Waals surface area contributed by atoms with Crippen LogP contribution in [0.4, 0.5) is 26.0 Å². The lowest BCUT2D eigenvalue weighted by Crippen LogP contribution is -2.51. The molecule has 0 spiro atoms. The van der Waals surface area contributed by atoms with Crippen molar-refractivity contribution in [2.24, 2.45) is 0 Å². The summed E-state index contributed by atoms with van der Waals surface area (Å²) in [4.78, 5) is 62.4. The Labute approximate surface area is 432 Å². The zero-order valence-corrected chi connectivity index (χ0v) is 43.0. The van der Waals surface area contributed by atoms with Crippen LogP contribution in [0.1, 0.15) is 82.3 Å². The topological polar surface area (TPSA) is 206 Å². The van der Waals surface area contributed by atoms with Crippen LogP contribution in [0.25, 0.3) is 32.9 Å². The van der Waals surface area contributed by atoms with Gasteiger partial charge in [-0.2, -0.15) is 9.97 Å². The normalized spacial score (nSPS) is 18.8. The number of piperazine rings is 1. The molecule has 17 nitrogen and oxygen atoms in total. The zero-order chi connectivity index (χ0) is 53.3. The number of carbonyl (C=O) groups is 4. The van der Waals surface area contributed by atoms with E-state index >= 15 is 4.39 Å². The van der Waals surface area contributed by atoms with Gasteiger partial charge in [0.1, 0.15) is 34.9 Å². The molecular formula is C55H70F2N10O7. The maximum Gasteiger partial charge on any atom is 0.318 e. The van der Waals surface area contributed by atoms with Crippen LogP contribution in [0.5, 0.6) is 11.8 Å². The smallest absolute Gasteiger partial charge is 0.318 e. The highest BCUT2D eigenvalue weighted by Gasteiger charge is 2.36. The number of phenolic OH excluding ortho intramolecular Hbond substituents is 1. The fourth-order valence-electron chi connectivity index (χ4n) is 10.7. The molecule has 0 saturated carbocycles. The molecular weight excluding hydrogens is 951 g/mol. The minimum atomic E-state index is -0.735. The molecule has 2 amide bonds. The molecule has 4 fully saturated rings. The summed E-state index contributed by atoms with van der Waals surface area (Å²) in [6, 6.07) is 13.7. The molecule has 74 heavy (non-hydrogen) atoms. The van der Waals surface area contributed by atoms with Crippen LogP contribution < -0.4 is 35.4 Å². The van der Waals surface area contributed by atoms with Gasteiger partial charge < -0.3 is 50.4 Å². The van der Waals surface area contributed by atoms with Crippen molar-refractivity contribution in [2.75, 3.05) is 75.7 Å². The van der Waals surface area contributed by atoms with E-state index < -0.39 is 17.7 Å². The summed E-state index contributed by atoms with van der Waals surface area (Å²) >= 11 is 0. The Hall–Kier alpha value is -7.01. The molecule has 19 heteroatoms. The fourth-order valence-corrected chi connectivity index (χ4v) is 10.7. The first-order valence-corrected chi connectivity index (χ1v) is 25.4. The number of hydrogen-bond acceptors (Lipinski definition) is 14. The molecule has 2 bridgehead atoms. The number of amides is 2. The van der Waals surface area contributed by atoms with E-state index in [0.29, 0.717) is 41.5 Å². The number of hydrogen-bond donors (Lipinski definition) is 5. The summed E-state index contributed by atoms with van der Waals surface area (Å²) in [7, 11) is 6.96. The third kappa shape index (κ3) is 13.4. The number of nitrogens with zero attached hydrogens (tertiary/aromatic N) is 7. The van der Waals surface area contributed by atoms with E-state index in [0.717, 1.165) is 94.4 Å². The standard InChI is InChI=1S/C26H21F2N5O2.C26H42N4O2.C2H5NO.CH2O2/c1-3-17-20(27)7-4-13-8-16(34)9-18(21(13)17)23-22(28)24-19(10-29-23)25(32-26(31-24)35-2)33-11-14-5-6-15(12-33)30-14;1-4-8-24(19-31)30(20-32)25-14-11-21(17-26(25)28(2)3)9-5-6-15-27-18-23-13-12-22-10-7-16-29(22)23;1-3-2-4;2-1-3/h1,4,7-10,14-15,30,34H,5-6,11-12H2,2H3;11,14,17,19-20,22-24,27H,4-10,12-13,15-16,18H2,1-3H3;2H,1H3,(H,3,4);1H,(H,2,3). The number of aromatic hydroxyl groups is 1. The Morgan fingerprint density at radius 2 is 1.74 bits per heavy atom. The highest BCUT2D eigenvalue weighted by Crippen LogP contribution is 2.40. The van der Waals surface area contributed by atoms with Gasteiger partial charge in [-0.25, -0.2) is 8.78 Å². The van der Waals surface area contributed by atoms with Gasteiger partial charge in [-0.05, 0) is 119 Å². The average Bonchev–Trinajstić information content (AvgIpc) is 4.14. The van der Waals surface area contributed by atoms with Crippen molar-refractivity contribution < 1.29 is 42.9 Å². The number of rotatable bonds is 18. The zero-order valence-electron chi connectivity index (χ0n) is 43.0. The van der Waals surface area contributed by atoms with Gasteiger partial charge >= 0.3 is 6.01 Å². The number of benzene rings is 3. The summed E-state index contributed by atoms with van der Waals surface area (Å²) < 4.78 is 35.9. The molecule has 396 valence electrons. The van der Waals surface area contributed by atoms with E-state index in [1.807, 2.05) is 32.0 Å². The number of aromatic nitrogens is 3. The molecule has 5 N–H and O–H groups in total. The SMILES string of the molecule is C#Cc1c(F)ccc2cc(O)cc(-c3ncc4c(N5CC6CCC(C5)N6)nc(OC)nc4c3F)c12.CCCC(C=O)N(C=O)c1ccc(CCCCNCC2CCC3CCCN32)cc1N(C)C.CNC=O.O=CO. The summed E-state index contributed by atoms with van der Waals surface area (Å²) in [6.45, 7) is 6.75. The number of aldehydes is 1. The highest BCUT2D eigenvalue weighted by atomic mass is 19.1. The van der Waals surface area contributed by atoms with Gasteiger partial charge in [0, 0.05) is 82.1 Å². The second kappa shape index (κ2) is 27.3. The van der Waals surface area contributed by atoms with Crippen LogP contribution in [0.3, 0.4) is 0 Å². The number of pyridine rings is 1. The number of aryl methyl sites for hydroxylation is 1. The number of carbonyl (C=O) groups excluding carboxylic acids is 3. The first-order valence-electron chi connectivity index (χ1n) is 25.4. The molecule has 5 unspecified atom stereocenters. The van der Waals surface area contributed by atoms with E-state index in [1.165, 1.54) is 81.8 Å². The lowest BCUT2D eigenvalue weighted by molar-refractivity contribution is -0.123. The van der Waals surface area contributed by atoms with Crippen LogP contribution in [0, 0.1) is 24.0 Å². The third-order valence-corrected chi connectivity index (χ3v) is 14.1. The molecule has 4 saturated heterocycles. The lowest BCUT2D eigenvalue weighted by Gasteiger charge is -2.34. The van der Waals surface area contributed by atoms with Crippen molar-refractivity contribution >= 4 is 64.4 Å². The van der Waals surface area contributed by atoms with Crippen LogP contribution >= 0.6 is 0 Å². The summed E-state index contributed by atoms with van der Waals surface area (Å²) in [5.41, 5.74) is 3.12. The average molecular weight is 1020 g/mol. The number of unbranched alkanes of at least 4 members (excludes halogenated alkanes) is 1. The van der Waals surface area contributed by atoms with Gasteiger partial charge in [-0.1, -0.05) is 31.4 Å². The minimum Gasteiger partial charge on any atom is -0.508 e. The van der Waals surface area contributed by atoms with E-state index in [-0.39, 0.29) is 46.0 Å². The molecule has 0 radical (unpaired) electrons. The highest BCUT2D eigenvalue weighted by molar-refractivity contribution is 6.03. The Kier molecular flexibility index (Phi) is 20.8. The number of terminal acetylenes is 1. The number of nitrogens with one attached hydrogen (secondary N) is 3. The lowest BCUT2D eigenvalue weighted by atomic mass is 9.96. The first kappa shape index (κ1) is 56.3. The van der Waals surface area contributed by atoms with Crippen LogP contribution in [-0.4, -0.2) is 147 Å². The van der Waals surface area contributed by atoms with Crippen LogP contribution in [0.2, 0.25) is 0 Å². The maximum absolute atomic E-state index is 16.1. The Bertz CT molecular complexity index is 2750. The van der Waals surface area contributed by atoms with Crippen molar-refractivity contribution in [1.82, 2.24) is 35.8 Å². The number of fused-ring (bicyclic) bond motifs is 5. The molecule has 4 aliphatic heterocycles.